The monoisotopic (exact) mass is 343 g/mol. The lowest BCUT2D eigenvalue weighted by Gasteiger charge is -2.20. The van der Waals surface area contributed by atoms with Crippen molar-refractivity contribution in [2.75, 3.05) is 6.61 Å². The molecule has 0 saturated carbocycles. The molecule has 0 aromatic heterocycles. The molecule has 0 aliphatic rings. The molecule has 1 aromatic rings. The number of halogens is 2. The Morgan fingerprint density at radius 3 is 2.46 bits per heavy atom. The molecule has 0 unspecified atom stereocenters. The number of rotatable bonds is 8. The van der Waals surface area contributed by atoms with E-state index in [1.807, 2.05) is 0 Å². The van der Waals surface area contributed by atoms with Crippen molar-refractivity contribution in [3.8, 4) is 0 Å². The largest absolute Gasteiger partial charge is 0.480 e. The van der Waals surface area contributed by atoms with Gasteiger partial charge in [0.05, 0.1) is 19.4 Å². The maximum Gasteiger partial charge on any atom is 0.326 e. The van der Waals surface area contributed by atoms with Gasteiger partial charge in [-0.25, -0.2) is 13.6 Å². The third-order valence-electron chi connectivity index (χ3n) is 3.29. The van der Waals surface area contributed by atoms with E-state index in [9.17, 15) is 28.3 Å². The quantitative estimate of drug-likeness (QED) is 0.701. The predicted octanol–water partition coefficient (Wildman–Crippen LogP) is 1.67. The highest BCUT2D eigenvalue weighted by atomic mass is 19.2. The Kier molecular flexibility index (Phi) is 7.29. The van der Waals surface area contributed by atoms with Gasteiger partial charge >= 0.3 is 11.9 Å². The maximum atomic E-state index is 13.1. The lowest BCUT2D eigenvalue weighted by molar-refractivity contribution is -0.147. The molecule has 132 valence electrons. The second-order valence-electron chi connectivity index (χ2n) is 5.30. The smallest absolute Gasteiger partial charge is 0.326 e. The Morgan fingerprint density at radius 2 is 1.92 bits per heavy atom. The average molecular weight is 343 g/mol. The van der Waals surface area contributed by atoms with Crippen LogP contribution in [0, 0.1) is 17.6 Å². The van der Waals surface area contributed by atoms with Crippen molar-refractivity contribution in [2.45, 2.75) is 32.7 Å². The Morgan fingerprint density at radius 1 is 1.25 bits per heavy atom. The fourth-order valence-corrected chi connectivity index (χ4v) is 2.11. The zero-order chi connectivity index (χ0) is 18.3. The van der Waals surface area contributed by atoms with Crippen LogP contribution in [0.4, 0.5) is 8.78 Å². The zero-order valence-corrected chi connectivity index (χ0v) is 13.3. The van der Waals surface area contributed by atoms with Gasteiger partial charge in [0.25, 0.3) is 0 Å². The van der Waals surface area contributed by atoms with Crippen LogP contribution in [-0.4, -0.2) is 35.6 Å². The third kappa shape index (κ3) is 5.94. The highest BCUT2D eigenvalue weighted by Crippen LogP contribution is 2.12. The van der Waals surface area contributed by atoms with Gasteiger partial charge in [-0.1, -0.05) is 13.0 Å². The van der Waals surface area contributed by atoms with Crippen molar-refractivity contribution in [1.82, 2.24) is 5.32 Å². The van der Waals surface area contributed by atoms with E-state index < -0.39 is 41.4 Å². The molecule has 1 rings (SSSR count). The molecule has 6 nitrogen and oxygen atoms in total. The molecule has 0 bridgehead atoms. The van der Waals surface area contributed by atoms with Crippen molar-refractivity contribution >= 4 is 17.8 Å². The van der Waals surface area contributed by atoms with Gasteiger partial charge in [-0.3, -0.25) is 9.59 Å². The number of carboxylic acids is 1. The third-order valence-corrected chi connectivity index (χ3v) is 3.29. The number of esters is 1. The van der Waals surface area contributed by atoms with Crippen LogP contribution in [0.1, 0.15) is 25.8 Å². The standard InChI is InChI=1S/C16H19F2NO5/c1-3-24-14(21)6-9(2)15(16(22)23)19-13(20)8-10-4-5-11(17)12(18)7-10/h4-5,7,9,15H,3,6,8H2,1-2H3,(H,19,20)(H,22,23)/t9-,15-/m1/s1. The number of amides is 1. The first-order valence-corrected chi connectivity index (χ1v) is 7.36. The predicted molar refractivity (Wildman–Crippen MR) is 80.0 cm³/mol. The van der Waals surface area contributed by atoms with Gasteiger partial charge in [0, 0.05) is 0 Å². The van der Waals surface area contributed by atoms with Crippen molar-refractivity contribution in [3.05, 3.63) is 35.4 Å². The molecule has 0 spiro atoms. The molecule has 24 heavy (non-hydrogen) atoms. The van der Waals surface area contributed by atoms with Crippen LogP contribution in [0.3, 0.4) is 0 Å². The number of benzene rings is 1. The molecular weight excluding hydrogens is 324 g/mol. The van der Waals surface area contributed by atoms with E-state index in [0.29, 0.717) is 0 Å². The summed E-state index contributed by atoms with van der Waals surface area (Å²) in [6.07, 6.45) is -0.483. The fourth-order valence-electron chi connectivity index (χ4n) is 2.11. The van der Waals surface area contributed by atoms with Crippen LogP contribution in [0.15, 0.2) is 18.2 Å². The van der Waals surface area contributed by atoms with E-state index in [1.165, 1.54) is 13.0 Å². The summed E-state index contributed by atoms with van der Waals surface area (Å²) in [5, 5.41) is 11.5. The summed E-state index contributed by atoms with van der Waals surface area (Å²) in [5.74, 6) is -5.37. The number of ether oxygens (including phenoxy) is 1. The van der Waals surface area contributed by atoms with Gasteiger partial charge in [0.15, 0.2) is 11.6 Å². The number of hydrogen-bond donors (Lipinski definition) is 2. The second-order valence-corrected chi connectivity index (χ2v) is 5.30. The normalized spacial score (nSPS) is 13.0. The lowest BCUT2D eigenvalue weighted by Crippen LogP contribution is -2.46. The van der Waals surface area contributed by atoms with E-state index >= 15 is 0 Å². The van der Waals surface area contributed by atoms with Crippen LogP contribution in [0.5, 0.6) is 0 Å². The maximum absolute atomic E-state index is 13.1. The van der Waals surface area contributed by atoms with Gasteiger partial charge in [-0.15, -0.1) is 0 Å². The number of carbonyl (C=O) groups excluding carboxylic acids is 2. The van der Waals surface area contributed by atoms with Crippen molar-refractivity contribution in [1.29, 1.82) is 0 Å². The number of nitrogens with one attached hydrogen (secondary N) is 1. The molecule has 1 amide bonds. The van der Waals surface area contributed by atoms with Crippen LogP contribution in [-0.2, 0) is 25.5 Å². The van der Waals surface area contributed by atoms with E-state index in [2.05, 4.69) is 5.32 Å². The molecule has 0 saturated heterocycles. The number of hydrogen-bond acceptors (Lipinski definition) is 4. The Balaban J connectivity index is 2.69. The Bertz CT molecular complexity index is 620. The fraction of sp³-hybridized carbons (Fsp3) is 0.438. The average Bonchev–Trinajstić information content (AvgIpc) is 2.48. The molecule has 8 heteroatoms. The molecule has 0 radical (unpaired) electrons. The molecule has 0 aliphatic heterocycles. The summed E-state index contributed by atoms with van der Waals surface area (Å²) in [6.45, 7) is 3.29. The van der Waals surface area contributed by atoms with Crippen LogP contribution in [0.25, 0.3) is 0 Å². The SMILES string of the molecule is CCOC(=O)C[C@@H](C)[C@@H](NC(=O)Cc1ccc(F)c(F)c1)C(=O)O. The number of carbonyl (C=O) groups is 3. The lowest BCUT2D eigenvalue weighted by atomic mass is 9.98. The van der Waals surface area contributed by atoms with Gasteiger partial charge in [-0.05, 0) is 30.5 Å². The minimum Gasteiger partial charge on any atom is -0.480 e. The van der Waals surface area contributed by atoms with Crippen LogP contribution in [0.2, 0.25) is 0 Å². The molecular formula is C16H19F2NO5. The highest BCUT2D eigenvalue weighted by Gasteiger charge is 2.28. The number of carboxylic acid groups (broad SMARTS) is 1. The molecule has 0 aliphatic carbocycles. The second kappa shape index (κ2) is 8.95. The molecule has 2 N–H and O–H groups in total. The van der Waals surface area contributed by atoms with Gasteiger partial charge in [0.2, 0.25) is 5.91 Å². The molecule has 1 aromatic carbocycles. The van der Waals surface area contributed by atoms with Crippen LogP contribution >= 0.6 is 0 Å². The summed E-state index contributed by atoms with van der Waals surface area (Å²) >= 11 is 0. The van der Waals surface area contributed by atoms with E-state index in [4.69, 9.17) is 4.74 Å². The summed E-state index contributed by atoms with van der Waals surface area (Å²) in [4.78, 5) is 34.6. The summed E-state index contributed by atoms with van der Waals surface area (Å²) in [7, 11) is 0. The van der Waals surface area contributed by atoms with Crippen molar-refractivity contribution in [2.24, 2.45) is 5.92 Å². The topological polar surface area (TPSA) is 92.7 Å². The summed E-state index contributed by atoms with van der Waals surface area (Å²) in [5.41, 5.74) is 0.202. The highest BCUT2D eigenvalue weighted by molar-refractivity contribution is 5.85. The molecule has 0 fully saturated rings. The van der Waals surface area contributed by atoms with Gasteiger partial charge in [-0.2, -0.15) is 0 Å². The van der Waals surface area contributed by atoms with E-state index in [1.54, 1.807) is 6.92 Å². The van der Waals surface area contributed by atoms with Crippen LogP contribution < -0.4 is 5.32 Å². The van der Waals surface area contributed by atoms with Crippen molar-refractivity contribution < 1.29 is 33.0 Å². The van der Waals surface area contributed by atoms with Gasteiger partial charge < -0.3 is 15.2 Å². The zero-order valence-electron chi connectivity index (χ0n) is 13.3. The van der Waals surface area contributed by atoms with E-state index in [-0.39, 0.29) is 25.0 Å². The minimum absolute atomic E-state index is 0.170. The Hall–Kier alpha value is -2.51. The first kappa shape index (κ1) is 19.5. The van der Waals surface area contributed by atoms with Crippen molar-refractivity contribution in [3.63, 3.8) is 0 Å². The first-order valence-electron chi connectivity index (χ1n) is 7.36. The van der Waals surface area contributed by atoms with E-state index in [0.717, 1.165) is 12.1 Å². The molecule has 2 atom stereocenters. The first-order chi connectivity index (χ1) is 11.2. The Labute approximate surface area is 137 Å². The summed E-state index contributed by atoms with van der Waals surface area (Å²) < 4.78 is 30.7. The van der Waals surface area contributed by atoms with Gasteiger partial charge in [0.1, 0.15) is 6.04 Å². The summed E-state index contributed by atoms with van der Waals surface area (Å²) in [6, 6.07) is 1.69. The number of aliphatic carboxylic acids is 1. The molecule has 0 heterocycles. The minimum atomic E-state index is -1.30.